The minimum absolute atomic E-state index is 0.350. The number of fused-ring (bicyclic) bond motifs is 1. The van der Waals surface area contributed by atoms with Crippen LogP contribution in [0.2, 0.25) is 0 Å². The van der Waals surface area contributed by atoms with Crippen molar-refractivity contribution in [1.82, 2.24) is 0 Å². The average Bonchev–Trinajstić information content (AvgIpc) is 2.60. The normalized spacial score (nSPS) is 16.6. The standard InChI is InChI=1S/C11H7BrF2O2/c12-7-3-8(14)10(11(15)16)6-2-1-5(4-13)9(6)7/h3-4H,1-2H2,(H,15,16). The van der Waals surface area contributed by atoms with Gasteiger partial charge in [0.2, 0.25) is 0 Å². The van der Waals surface area contributed by atoms with E-state index < -0.39 is 11.8 Å². The lowest BCUT2D eigenvalue weighted by Gasteiger charge is -2.08. The summed E-state index contributed by atoms with van der Waals surface area (Å²) in [7, 11) is 0. The zero-order valence-electron chi connectivity index (χ0n) is 8.06. The van der Waals surface area contributed by atoms with E-state index in [0.717, 1.165) is 6.07 Å². The van der Waals surface area contributed by atoms with E-state index in [4.69, 9.17) is 5.11 Å². The van der Waals surface area contributed by atoms with Gasteiger partial charge in [0.15, 0.2) is 0 Å². The van der Waals surface area contributed by atoms with E-state index >= 15 is 0 Å². The molecule has 0 radical (unpaired) electrons. The van der Waals surface area contributed by atoms with E-state index in [1.54, 1.807) is 0 Å². The summed E-state index contributed by atoms with van der Waals surface area (Å²) in [6.45, 7) is 0. The summed E-state index contributed by atoms with van der Waals surface area (Å²) >= 11 is 3.12. The van der Waals surface area contributed by atoms with Crippen LogP contribution in [0, 0.1) is 5.82 Å². The van der Waals surface area contributed by atoms with Crippen LogP contribution in [-0.2, 0) is 6.42 Å². The molecule has 1 aliphatic carbocycles. The zero-order chi connectivity index (χ0) is 11.9. The van der Waals surface area contributed by atoms with Crippen molar-refractivity contribution >= 4 is 27.5 Å². The molecular formula is C11H7BrF2O2. The van der Waals surface area contributed by atoms with Gasteiger partial charge >= 0.3 is 5.97 Å². The van der Waals surface area contributed by atoms with Crippen molar-refractivity contribution in [2.75, 3.05) is 0 Å². The first-order chi connectivity index (χ1) is 7.56. The first-order valence-corrected chi connectivity index (χ1v) is 5.39. The summed E-state index contributed by atoms with van der Waals surface area (Å²) in [4.78, 5) is 10.9. The molecule has 0 spiro atoms. The zero-order valence-corrected chi connectivity index (χ0v) is 9.64. The van der Waals surface area contributed by atoms with Crippen molar-refractivity contribution in [3.63, 3.8) is 0 Å². The number of hydrogen-bond acceptors (Lipinski definition) is 1. The van der Waals surface area contributed by atoms with Crippen LogP contribution in [0.15, 0.2) is 16.9 Å². The molecule has 1 aromatic rings. The Morgan fingerprint density at radius 1 is 1.50 bits per heavy atom. The number of carbonyl (C=O) groups is 1. The molecule has 2 rings (SSSR count). The van der Waals surface area contributed by atoms with Crippen molar-refractivity contribution < 1.29 is 18.7 Å². The summed E-state index contributed by atoms with van der Waals surface area (Å²) in [6.07, 6.45) is 1.19. The van der Waals surface area contributed by atoms with Gasteiger partial charge in [0, 0.05) is 4.47 Å². The van der Waals surface area contributed by atoms with Crippen molar-refractivity contribution in [2.45, 2.75) is 12.8 Å². The largest absolute Gasteiger partial charge is 0.478 e. The summed E-state index contributed by atoms with van der Waals surface area (Å²) in [5, 5.41) is 8.91. The topological polar surface area (TPSA) is 37.3 Å². The Kier molecular flexibility index (Phi) is 2.80. The fourth-order valence-corrected chi connectivity index (χ4v) is 2.69. The highest BCUT2D eigenvalue weighted by Crippen LogP contribution is 2.40. The van der Waals surface area contributed by atoms with E-state index in [-0.39, 0.29) is 5.56 Å². The second kappa shape index (κ2) is 3.97. The van der Waals surface area contributed by atoms with E-state index in [0.29, 0.717) is 40.3 Å². The number of halogens is 3. The maximum atomic E-state index is 13.5. The minimum Gasteiger partial charge on any atom is -0.478 e. The van der Waals surface area contributed by atoms with Gasteiger partial charge in [0.25, 0.3) is 0 Å². The molecule has 2 nitrogen and oxygen atoms in total. The van der Waals surface area contributed by atoms with Crippen LogP contribution in [0.5, 0.6) is 0 Å². The van der Waals surface area contributed by atoms with Crippen molar-refractivity contribution in [3.8, 4) is 0 Å². The van der Waals surface area contributed by atoms with Gasteiger partial charge in [-0.25, -0.2) is 13.6 Å². The molecule has 84 valence electrons. The molecular weight excluding hydrogens is 282 g/mol. The van der Waals surface area contributed by atoms with Crippen LogP contribution in [-0.4, -0.2) is 11.1 Å². The molecule has 1 aromatic carbocycles. The predicted octanol–water partition coefficient (Wildman–Crippen LogP) is 3.54. The fraction of sp³-hybridized carbons (Fsp3) is 0.182. The van der Waals surface area contributed by atoms with Crippen molar-refractivity contribution in [1.29, 1.82) is 0 Å². The average molecular weight is 289 g/mol. The third-order valence-electron chi connectivity index (χ3n) is 2.65. The van der Waals surface area contributed by atoms with E-state index in [2.05, 4.69) is 15.9 Å². The lowest BCUT2D eigenvalue weighted by Crippen LogP contribution is -2.06. The Labute approximate surface area is 98.7 Å². The number of benzene rings is 1. The number of aromatic carboxylic acids is 1. The van der Waals surface area contributed by atoms with Crippen molar-refractivity contribution in [2.24, 2.45) is 0 Å². The van der Waals surface area contributed by atoms with Crippen LogP contribution < -0.4 is 0 Å². The molecule has 0 fully saturated rings. The Morgan fingerprint density at radius 2 is 2.19 bits per heavy atom. The van der Waals surface area contributed by atoms with Gasteiger partial charge in [0.1, 0.15) is 5.82 Å². The number of allylic oxidation sites excluding steroid dienone is 1. The SMILES string of the molecule is O=C(O)c1c(F)cc(Br)c2c1CCC2=CF. The number of rotatable bonds is 1. The number of carboxylic acids is 1. The third-order valence-corrected chi connectivity index (χ3v) is 3.27. The maximum absolute atomic E-state index is 13.5. The molecule has 0 heterocycles. The molecule has 0 saturated carbocycles. The molecule has 16 heavy (non-hydrogen) atoms. The van der Waals surface area contributed by atoms with Crippen LogP contribution >= 0.6 is 15.9 Å². The third kappa shape index (κ3) is 1.55. The predicted molar refractivity (Wildman–Crippen MR) is 58.5 cm³/mol. The molecule has 0 atom stereocenters. The van der Waals surface area contributed by atoms with Crippen LogP contribution in [0.3, 0.4) is 0 Å². The lowest BCUT2D eigenvalue weighted by molar-refractivity contribution is 0.0690. The Morgan fingerprint density at radius 3 is 2.75 bits per heavy atom. The molecule has 0 aromatic heterocycles. The van der Waals surface area contributed by atoms with E-state index in [1.807, 2.05) is 0 Å². The highest BCUT2D eigenvalue weighted by atomic mass is 79.9. The van der Waals surface area contributed by atoms with Crippen molar-refractivity contribution in [3.05, 3.63) is 39.4 Å². The number of hydrogen-bond donors (Lipinski definition) is 1. The highest BCUT2D eigenvalue weighted by Gasteiger charge is 2.28. The molecule has 0 amide bonds. The van der Waals surface area contributed by atoms with Gasteiger partial charge in [-0.15, -0.1) is 0 Å². The van der Waals surface area contributed by atoms with Gasteiger partial charge in [-0.2, -0.15) is 0 Å². The highest BCUT2D eigenvalue weighted by molar-refractivity contribution is 9.10. The first kappa shape index (κ1) is 11.3. The number of carboxylic acid groups (broad SMARTS) is 1. The van der Waals surface area contributed by atoms with Gasteiger partial charge < -0.3 is 5.11 Å². The second-order valence-electron chi connectivity index (χ2n) is 3.51. The summed E-state index contributed by atoms with van der Waals surface area (Å²) in [6, 6.07) is 1.07. The van der Waals surface area contributed by atoms with Crippen LogP contribution in [0.1, 0.15) is 27.9 Å². The molecule has 0 unspecified atom stereocenters. The summed E-state index contributed by atoms with van der Waals surface area (Å²) in [5.41, 5.74) is 0.893. The Bertz CT molecular complexity index is 509. The Hall–Kier alpha value is -1.23. The minimum atomic E-state index is -1.32. The lowest BCUT2D eigenvalue weighted by atomic mass is 10.0. The monoisotopic (exact) mass is 288 g/mol. The molecule has 0 bridgehead atoms. The smallest absolute Gasteiger partial charge is 0.338 e. The van der Waals surface area contributed by atoms with Crippen LogP contribution in [0.4, 0.5) is 8.78 Å². The van der Waals surface area contributed by atoms with Gasteiger partial charge in [-0.1, -0.05) is 15.9 Å². The van der Waals surface area contributed by atoms with Gasteiger partial charge in [-0.3, -0.25) is 0 Å². The maximum Gasteiger partial charge on any atom is 0.338 e. The fourth-order valence-electron chi connectivity index (χ4n) is 1.99. The quantitative estimate of drug-likeness (QED) is 0.858. The Balaban J connectivity index is 2.78. The molecule has 1 N–H and O–H groups in total. The molecule has 5 heteroatoms. The molecule has 1 aliphatic rings. The first-order valence-electron chi connectivity index (χ1n) is 4.60. The van der Waals surface area contributed by atoms with E-state index in [1.165, 1.54) is 0 Å². The second-order valence-corrected chi connectivity index (χ2v) is 4.36. The van der Waals surface area contributed by atoms with E-state index in [9.17, 15) is 13.6 Å². The molecule has 0 saturated heterocycles. The summed E-state index contributed by atoms with van der Waals surface area (Å²) < 4.78 is 26.4. The van der Waals surface area contributed by atoms with Crippen LogP contribution in [0.25, 0.3) is 5.57 Å². The van der Waals surface area contributed by atoms with Gasteiger partial charge in [-0.05, 0) is 35.6 Å². The van der Waals surface area contributed by atoms with Gasteiger partial charge in [0.05, 0.1) is 11.9 Å². The summed E-state index contributed by atoms with van der Waals surface area (Å²) in [5.74, 6) is -2.11. The molecule has 0 aliphatic heterocycles.